The fourth-order valence-corrected chi connectivity index (χ4v) is 3.72. The second-order valence-electron chi connectivity index (χ2n) is 6.15. The molecule has 0 heterocycles. The third-order valence-electron chi connectivity index (χ3n) is 3.91. The van der Waals surface area contributed by atoms with Gasteiger partial charge in [-0.3, -0.25) is 4.72 Å². The van der Waals surface area contributed by atoms with Crippen molar-refractivity contribution in [3.63, 3.8) is 0 Å². The predicted molar refractivity (Wildman–Crippen MR) is 97.4 cm³/mol. The summed E-state index contributed by atoms with van der Waals surface area (Å²) in [5.74, 6) is 0.285. The standard InChI is InChI=1S/C18H31NO3S/c1-2-3-4-5-6-7-8-9-10-11-16-23(21,22)19-17-12-14-18(20)15-13-17/h12-15,19-20H,2-11,16H2,1H3. The number of hydrogen-bond acceptors (Lipinski definition) is 3. The van der Waals surface area contributed by atoms with Crippen LogP contribution in [0.15, 0.2) is 24.3 Å². The number of aromatic hydroxyl groups is 1. The van der Waals surface area contributed by atoms with E-state index in [-0.39, 0.29) is 11.5 Å². The normalized spacial score (nSPS) is 11.5. The molecule has 0 saturated heterocycles. The molecule has 0 aliphatic carbocycles. The number of rotatable bonds is 13. The van der Waals surface area contributed by atoms with Gasteiger partial charge in [-0.25, -0.2) is 8.42 Å². The summed E-state index contributed by atoms with van der Waals surface area (Å²) in [5, 5.41) is 9.18. The monoisotopic (exact) mass is 341 g/mol. The summed E-state index contributed by atoms with van der Waals surface area (Å²) >= 11 is 0. The molecule has 132 valence electrons. The molecule has 0 fully saturated rings. The van der Waals surface area contributed by atoms with Crippen LogP contribution in [0.5, 0.6) is 5.75 Å². The van der Waals surface area contributed by atoms with Gasteiger partial charge in [0.15, 0.2) is 0 Å². The summed E-state index contributed by atoms with van der Waals surface area (Å²) in [4.78, 5) is 0. The van der Waals surface area contributed by atoms with Gasteiger partial charge in [-0.2, -0.15) is 0 Å². The van der Waals surface area contributed by atoms with Crippen molar-refractivity contribution in [1.29, 1.82) is 0 Å². The molecule has 1 rings (SSSR count). The van der Waals surface area contributed by atoms with E-state index < -0.39 is 10.0 Å². The fraction of sp³-hybridized carbons (Fsp3) is 0.667. The number of nitrogens with one attached hydrogen (secondary N) is 1. The van der Waals surface area contributed by atoms with E-state index in [9.17, 15) is 13.5 Å². The molecule has 2 N–H and O–H groups in total. The van der Waals surface area contributed by atoms with Crippen molar-refractivity contribution in [2.75, 3.05) is 10.5 Å². The first-order chi connectivity index (χ1) is 11.0. The van der Waals surface area contributed by atoms with Crippen molar-refractivity contribution in [3.05, 3.63) is 24.3 Å². The molecule has 0 atom stereocenters. The van der Waals surface area contributed by atoms with Crippen LogP contribution in [0.2, 0.25) is 0 Å². The lowest BCUT2D eigenvalue weighted by Crippen LogP contribution is -2.16. The van der Waals surface area contributed by atoms with Gasteiger partial charge in [-0.1, -0.05) is 64.7 Å². The van der Waals surface area contributed by atoms with E-state index in [0.29, 0.717) is 12.1 Å². The van der Waals surface area contributed by atoms with Gasteiger partial charge >= 0.3 is 0 Å². The molecule has 1 aromatic carbocycles. The average Bonchev–Trinajstić information content (AvgIpc) is 2.51. The molecule has 4 nitrogen and oxygen atoms in total. The molecule has 0 unspecified atom stereocenters. The Bertz CT molecular complexity index is 512. The van der Waals surface area contributed by atoms with Gasteiger partial charge in [0.25, 0.3) is 0 Å². The maximum absolute atomic E-state index is 11.9. The smallest absolute Gasteiger partial charge is 0.232 e. The molecule has 0 spiro atoms. The number of anilines is 1. The topological polar surface area (TPSA) is 66.4 Å². The second-order valence-corrected chi connectivity index (χ2v) is 7.99. The molecule has 0 aliphatic heterocycles. The van der Waals surface area contributed by atoms with Crippen LogP contribution in [0.4, 0.5) is 5.69 Å². The zero-order valence-electron chi connectivity index (χ0n) is 14.3. The van der Waals surface area contributed by atoms with Crippen LogP contribution in [-0.2, 0) is 10.0 Å². The van der Waals surface area contributed by atoms with Gasteiger partial charge in [-0.15, -0.1) is 0 Å². The zero-order chi connectivity index (χ0) is 17.0. The van der Waals surface area contributed by atoms with Crippen molar-refractivity contribution in [2.45, 2.75) is 71.1 Å². The maximum Gasteiger partial charge on any atom is 0.232 e. The molecule has 23 heavy (non-hydrogen) atoms. The van der Waals surface area contributed by atoms with Crippen molar-refractivity contribution in [2.24, 2.45) is 0 Å². The Morgan fingerprint density at radius 1 is 0.826 bits per heavy atom. The highest BCUT2D eigenvalue weighted by atomic mass is 32.2. The van der Waals surface area contributed by atoms with E-state index in [1.165, 1.54) is 57.1 Å². The fourth-order valence-electron chi connectivity index (χ4n) is 2.54. The Hall–Kier alpha value is -1.23. The third-order valence-corrected chi connectivity index (χ3v) is 5.28. The molecule has 0 amide bonds. The Morgan fingerprint density at radius 2 is 1.30 bits per heavy atom. The summed E-state index contributed by atoms with van der Waals surface area (Å²) in [6, 6.07) is 6.06. The summed E-state index contributed by atoms with van der Waals surface area (Å²) in [7, 11) is -3.29. The van der Waals surface area contributed by atoms with E-state index in [4.69, 9.17) is 0 Å². The summed E-state index contributed by atoms with van der Waals surface area (Å²) in [6.45, 7) is 2.23. The predicted octanol–water partition coefficient (Wildman–Crippen LogP) is 5.05. The van der Waals surface area contributed by atoms with Crippen molar-refractivity contribution in [1.82, 2.24) is 0 Å². The van der Waals surface area contributed by atoms with Crippen molar-refractivity contribution >= 4 is 15.7 Å². The van der Waals surface area contributed by atoms with Crippen LogP contribution in [0.25, 0.3) is 0 Å². The molecule has 0 bridgehead atoms. The summed E-state index contributed by atoms with van der Waals surface area (Å²) in [5.41, 5.74) is 0.495. The maximum atomic E-state index is 11.9. The quantitative estimate of drug-likeness (QED) is 0.389. The SMILES string of the molecule is CCCCCCCCCCCCS(=O)(=O)Nc1ccc(O)cc1. The van der Waals surface area contributed by atoms with Gasteiger partial charge < -0.3 is 5.11 Å². The van der Waals surface area contributed by atoms with Gasteiger partial charge in [0.2, 0.25) is 10.0 Å². The Balaban J connectivity index is 2.06. The van der Waals surface area contributed by atoms with Crippen LogP contribution in [-0.4, -0.2) is 19.3 Å². The van der Waals surface area contributed by atoms with Crippen LogP contribution in [0.3, 0.4) is 0 Å². The molecule has 0 aliphatic rings. The van der Waals surface area contributed by atoms with Crippen LogP contribution < -0.4 is 4.72 Å². The van der Waals surface area contributed by atoms with Crippen molar-refractivity contribution < 1.29 is 13.5 Å². The zero-order valence-corrected chi connectivity index (χ0v) is 15.1. The van der Waals surface area contributed by atoms with E-state index in [2.05, 4.69) is 11.6 Å². The molecule has 5 heteroatoms. The highest BCUT2D eigenvalue weighted by Crippen LogP contribution is 2.16. The van der Waals surface area contributed by atoms with Gasteiger partial charge in [-0.05, 0) is 30.7 Å². The van der Waals surface area contributed by atoms with E-state index in [1.54, 1.807) is 12.1 Å². The minimum absolute atomic E-state index is 0.127. The molecule has 0 saturated carbocycles. The Morgan fingerprint density at radius 3 is 1.83 bits per heavy atom. The van der Waals surface area contributed by atoms with E-state index in [1.807, 2.05) is 0 Å². The molecule has 1 aromatic rings. The number of benzene rings is 1. The number of hydrogen-bond donors (Lipinski definition) is 2. The lowest BCUT2D eigenvalue weighted by atomic mass is 10.1. The summed E-state index contributed by atoms with van der Waals surface area (Å²) < 4.78 is 26.4. The highest BCUT2D eigenvalue weighted by molar-refractivity contribution is 7.92. The average molecular weight is 342 g/mol. The van der Waals surface area contributed by atoms with Crippen molar-refractivity contribution in [3.8, 4) is 5.75 Å². The number of phenols is 1. The molecule has 0 radical (unpaired) electrons. The third kappa shape index (κ3) is 10.2. The highest BCUT2D eigenvalue weighted by Gasteiger charge is 2.09. The largest absolute Gasteiger partial charge is 0.508 e. The van der Waals surface area contributed by atoms with E-state index >= 15 is 0 Å². The lowest BCUT2D eigenvalue weighted by Gasteiger charge is -2.08. The minimum atomic E-state index is -3.29. The Labute approximate surface area is 141 Å². The lowest BCUT2D eigenvalue weighted by molar-refractivity contribution is 0.475. The second kappa shape index (κ2) is 11.3. The van der Waals surface area contributed by atoms with Gasteiger partial charge in [0, 0.05) is 5.69 Å². The number of sulfonamides is 1. The van der Waals surface area contributed by atoms with Crippen LogP contribution in [0, 0.1) is 0 Å². The van der Waals surface area contributed by atoms with E-state index in [0.717, 1.165) is 12.8 Å². The first-order valence-corrected chi connectivity index (χ1v) is 10.5. The van der Waals surface area contributed by atoms with Crippen LogP contribution in [0.1, 0.15) is 71.1 Å². The number of unbranched alkanes of at least 4 members (excludes halogenated alkanes) is 9. The molecular formula is C18H31NO3S. The Kier molecular flexibility index (Phi) is 9.76. The van der Waals surface area contributed by atoms with Gasteiger partial charge in [0.1, 0.15) is 5.75 Å². The number of phenolic OH excluding ortho intramolecular Hbond substituents is 1. The summed E-state index contributed by atoms with van der Waals surface area (Å²) in [6.07, 6.45) is 11.9. The van der Waals surface area contributed by atoms with Crippen LogP contribution >= 0.6 is 0 Å². The minimum Gasteiger partial charge on any atom is -0.508 e. The first-order valence-electron chi connectivity index (χ1n) is 8.83. The molecule has 0 aromatic heterocycles. The molecular weight excluding hydrogens is 310 g/mol. The van der Waals surface area contributed by atoms with Gasteiger partial charge in [0.05, 0.1) is 5.75 Å². The first kappa shape index (κ1) is 19.8.